The minimum absolute atomic E-state index is 0.0383. The number of nitrogens with zero attached hydrogens (tertiary/aromatic N) is 1. The Labute approximate surface area is 146 Å². The van der Waals surface area contributed by atoms with E-state index in [1.165, 1.54) is 11.3 Å². The van der Waals surface area contributed by atoms with E-state index in [9.17, 15) is 9.59 Å². The molecule has 24 heavy (non-hydrogen) atoms. The van der Waals surface area contributed by atoms with E-state index in [0.717, 1.165) is 35.4 Å². The molecule has 1 aliphatic rings. The molecule has 3 heterocycles. The van der Waals surface area contributed by atoms with E-state index in [-0.39, 0.29) is 17.7 Å². The molecule has 0 aromatic carbocycles. The molecule has 2 aromatic rings. The normalized spacial score (nSPS) is 16.2. The number of hydrogen-bond acceptors (Lipinski definition) is 4. The largest absolute Gasteiger partial charge is 0.465 e. The summed E-state index contributed by atoms with van der Waals surface area (Å²) in [5.74, 6) is -0.358. The minimum atomic E-state index is -0.238. The van der Waals surface area contributed by atoms with Crippen molar-refractivity contribution in [2.45, 2.75) is 52.0 Å². The highest BCUT2D eigenvalue weighted by Crippen LogP contribution is 2.33. The van der Waals surface area contributed by atoms with E-state index in [4.69, 9.17) is 4.74 Å². The first-order valence-corrected chi connectivity index (χ1v) is 9.45. The maximum atomic E-state index is 12.7. The molecule has 2 aromatic heterocycles. The third kappa shape index (κ3) is 3.31. The lowest BCUT2D eigenvalue weighted by molar-refractivity contribution is -0.145. The number of aryl methyl sites for hydroxylation is 1. The average molecular weight is 345 g/mol. The molecule has 0 bridgehead atoms. The molecule has 4 nitrogen and oxygen atoms in total. The van der Waals surface area contributed by atoms with Gasteiger partial charge >= 0.3 is 5.97 Å². The maximum Gasteiger partial charge on any atom is 0.315 e. The number of carbonyl (C=O) groups excluding carboxylic acids is 2. The minimum Gasteiger partial charge on any atom is -0.465 e. The molecule has 0 saturated carbocycles. The highest BCUT2D eigenvalue weighted by molar-refractivity contribution is 7.12. The van der Waals surface area contributed by atoms with E-state index in [1.807, 2.05) is 35.1 Å². The lowest BCUT2D eigenvalue weighted by Crippen LogP contribution is -2.14. The van der Waals surface area contributed by atoms with Crippen LogP contribution in [0.15, 0.2) is 23.6 Å². The van der Waals surface area contributed by atoms with E-state index in [2.05, 4.69) is 6.92 Å². The van der Waals surface area contributed by atoms with Crippen LogP contribution in [0.3, 0.4) is 0 Å². The fraction of sp³-hybridized carbons (Fsp3) is 0.474. The zero-order valence-electron chi connectivity index (χ0n) is 14.2. The summed E-state index contributed by atoms with van der Waals surface area (Å²) in [6.45, 7) is 5.30. The molecule has 128 valence electrons. The van der Waals surface area contributed by atoms with Crippen LogP contribution in [0.4, 0.5) is 0 Å². The summed E-state index contributed by atoms with van der Waals surface area (Å²) in [4.78, 5) is 25.7. The number of ketones is 1. The molecule has 0 N–H and O–H groups in total. The van der Waals surface area contributed by atoms with Crippen molar-refractivity contribution in [3.63, 3.8) is 0 Å². The Morgan fingerprint density at radius 3 is 2.88 bits per heavy atom. The monoisotopic (exact) mass is 345 g/mol. The van der Waals surface area contributed by atoms with Crippen LogP contribution >= 0.6 is 11.3 Å². The maximum absolute atomic E-state index is 12.7. The van der Waals surface area contributed by atoms with Crippen LogP contribution < -0.4 is 0 Å². The SMILES string of the molecule is CCCCCOC(=O)C1CCn2c(C(=O)c3cc(C)cs3)ccc21. The molecule has 3 rings (SSSR count). The van der Waals surface area contributed by atoms with E-state index >= 15 is 0 Å². The summed E-state index contributed by atoms with van der Waals surface area (Å²) in [5.41, 5.74) is 2.69. The Bertz CT molecular complexity index is 744. The lowest BCUT2D eigenvalue weighted by Gasteiger charge is -2.09. The molecule has 5 heteroatoms. The van der Waals surface area contributed by atoms with Crippen molar-refractivity contribution in [3.8, 4) is 0 Å². The summed E-state index contributed by atoms with van der Waals surface area (Å²) in [6.07, 6.45) is 3.81. The van der Waals surface area contributed by atoms with Gasteiger partial charge in [-0.05, 0) is 48.9 Å². The molecule has 1 unspecified atom stereocenters. The van der Waals surface area contributed by atoms with Gasteiger partial charge in [0.1, 0.15) is 0 Å². The van der Waals surface area contributed by atoms with Crippen molar-refractivity contribution < 1.29 is 14.3 Å². The second-order valence-corrected chi connectivity index (χ2v) is 7.24. The number of aromatic nitrogens is 1. The van der Waals surface area contributed by atoms with Gasteiger partial charge in [-0.1, -0.05) is 19.8 Å². The summed E-state index contributed by atoms with van der Waals surface area (Å²) in [6, 6.07) is 5.66. The van der Waals surface area contributed by atoms with Gasteiger partial charge in [0.05, 0.1) is 23.1 Å². The van der Waals surface area contributed by atoms with Crippen molar-refractivity contribution in [1.82, 2.24) is 4.57 Å². The molecule has 0 saturated heterocycles. The van der Waals surface area contributed by atoms with Crippen LogP contribution in [0.25, 0.3) is 0 Å². The molecule has 0 aliphatic carbocycles. The number of esters is 1. The van der Waals surface area contributed by atoms with Crippen molar-refractivity contribution in [1.29, 1.82) is 0 Å². The summed E-state index contributed by atoms with van der Waals surface area (Å²) in [7, 11) is 0. The van der Waals surface area contributed by atoms with E-state index in [0.29, 0.717) is 25.3 Å². The Hall–Kier alpha value is -1.88. The Balaban J connectivity index is 1.71. The first-order valence-electron chi connectivity index (χ1n) is 8.57. The smallest absolute Gasteiger partial charge is 0.315 e. The van der Waals surface area contributed by atoms with Gasteiger partial charge in [0.15, 0.2) is 0 Å². The lowest BCUT2D eigenvalue weighted by atomic mass is 10.1. The first-order chi connectivity index (χ1) is 11.6. The van der Waals surface area contributed by atoms with Crippen LogP contribution in [0.5, 0.6) is 0 Å². The van der Waals surface area contributed by atoms with Crippen LogP contribution in [-0.4, -0.2) is 22.9 Å². The molecule has 1 atom stereocenters. The van der Waals surface area contributed by atoms with Gasteiger partial charge in [-0.3, -0.25) is 9.59 Å². The number of ether oxygens (including phenoxy) is 1. The second kappa shape index (κ2) is 7.34. The second-order valence-electron chi connectivity index (χ2n) is 6.33. The van der Waals surface area contributed by atoms with Crippen LogP contribution in [0.1, 0.15) is 65.1 Å². The van der Waals surface area contributed by atoms with Crippen LogP contribution in [-0.2, 0) is 16.1 Å². The number of thiophene rings is 1. The standard InChI is InChI=1S/C19H23NO3S/c1-3-4-5-10-23-19(22)14-8-9-20-15(14)6-7-16(20)18(21)17-11-13(2)12-24-17/h6-7,11-12,14H,3-5,8-10H2,1-2H3. The quantitative estimate of drug-likeness (QED) is 0.427. The van der Waals surface area contributed by atoms with E-state index < -0.39 is 0 Å². The van der Waals surface area contributed by atoms with E-state index in [1.54, 1.807) is 0 Å². The highest BCUT2D eigenvalue weighted by atomic mass is 32.1. The molecule has 0 radical (unpaired) electrons. The number of unbranched alkanes of at least 4 members (excludes halogenated alkanes) is 2. The van der Waals surface area contributed by atoms with Gasteiger partial charge in [0, 0.05) is 12.2 Å². The highest BCUT2D eigenvalue weighted by Gasteiger charge is 2.33. The Morgan fingerprint density at radius 1 is 1.33 bits per heavy atom. The van der Waals surface area contributed by atoms with Crippen molar-refractivity contribution in [3.05, 3.63) is 45.4 Å². The average Bonchev–Trinajstić information content (AvgIpc) is 3.26. The molecule has 0 spiro atoms. The fourth-order valence-corrected chi connectivity index (χ4v) is 4.03. The van der Waals surface area contributed by atoms with Gasteiger partial charge in [0.2, 0.25) is 5.78 Å². The van der Waals surface area contributed by atoms with Crippen molar-refractivity contribution in [2.24, 2.45) is 0 Å². The fourth-order valence-electron chi connectivity index (χ4n) is 3.18. The van der Waals surface area contributed by atoms with Gasteiger partial charge in [-0.2, -0.15) is 0 Å². The third-order valence-electron chi connectivity index (χ3n) is 4.48. The Kier molecular flexibility index (Phi) is 5.19. The Morgan fingerprint density at radius 2 is 2.17 bits per heavy atom. The summed E-state index contributed by atoms with van der Waals surface area (Å²) >= 11 is 1.47. The molecule has 0 fully saturated rings. The predicted octanol–water partition coefficient (Wildman–Crippen LogP) is 4.31. The van der Waals surface area contributed by atoms with Gasteiger partial charge < -0.3 is 9.30 Å². The van der Waals surface area contributed by atoms with Crippen molar-refractivity contribution in [2.75, 3.05) is 6.61 Å². The number of fused-ring (bicyclic) bond motifs is 1. The van der Waals surface area contributed by atoms with Gasteiger partial charge in [-0.15, -0.1) is 11.3 Å². The summed E-state index contributed by atoms with van der Waals surface area (Å²) < 4.78 is 7.39. The number of hydrogen-bond donors (Lipinski definition) is 0. The zero-order chi connectivity index (χ0) is 17.1. The molecular formula is C19H23NO3S. The predicted molar refractivity (Wildman–Crippen MR) is 94.8 cm³/mol. The molecule has 0 amide bonds. The number of rotatable bonds is 7. The van der Waals surface area contributed by atoms with Crippen molar-refractivity contribution >= 4 is 23.1 Å². The van der Waals surface area contributed by atoms with Crippen LogP contribution in [0, 0.1) is 6.92 Å². The third-order valence-corrected chi connectivity index (χ3v) is 5.52. The first kappa shape index (κ1) is 17.0. The van der Waals surface area contributed by atoms with Gasteiger partial charge in [-0.25, -0.2) is 0 Å². The van der Waals surface area contributed by atoms with Crippen LogP contribution in [0.2, 0.25) is 0 Å². The van der Waals surface area contributed by atoms with Gasteiger partial charge in [0.25, 0.3) is 0 Å². The zero-order valence-corrected chi connectivity index (χ0v) is 15.0. The molecule has 1 aliphatic heterocycles. The molecular weight excluding hydrogens is 322 g/mol. The number of carbonyl (C=O) groups is 2. The summed E-state index contributed by atoms with van der Waals surface area (Å²) in [5, 5.41) is 1.98. The topological polar surface area (TPSA) is 48.3 Å².